The predicted octanol–water partition coefficient (Wildman–Crippen LogP) is 3.55. The minimum atomic E-state index is 0.116. The molecule has 0 bridgehead atoms. The first-order valence-corrected chi connectivity index (χ1v) is 6.41. The average Bonchev–Trinajstić information content (AvgIpc) is 2.46. The second-order valence-electron chi connectivity index (χ2n) is 4.75. The average molecular weight is 255 g/mol. The summed E-state index contributed by atoms with van der Waals surface area (Å²) in [5.41, 5.74) is 3.38. The van der Waals surface area contributed by atoms with Crippen molar-refractivity contribution in [3.63, 3.8) is 0 Å². The zero-order chi connectivity index (χ0) is 13.2. The van der Waals surface area contributed by atoms with Gasteiger partial charge in [-0.05, 0) is 25.1 Å². The molecule has 2 aromatic carbocycles. The van der Waals surface area contributed by atoms with Crippen LogP contribution >= 0.6 is 0 Å². The van der Waals surface area contributed by atoms with E-state index >= 15 is 0 Å². The minimum Gasteiger partial charge on any atom is -0.496 e. The van der Waals surface area contributed by atoms with Gasteiger partial charge in [0, 0.05) is 5.56 Å². The molecule has 1 N–H and O–H groups in total. The number of nitrogens with one attached hydrogen (secondary N) is 1. The van der Waals surface area contributed by atoms with Crippen molar-refractivity contribution >= 4 is 5.69 Å². The minimum absolute atomic E-state index is 0.116. The molecule has 1 aliphatic rings. The monoisotopic (exact) mass is 255 g/mol. The van der Waals surface area contributed by atoms with E-state index in [0.717, 1.165) is 22.7 Å². The van der Waals surface area contributed by atoms with Gasteiger partial charge in [-0.3, -0.25) is 0 Å². The van der Waals surface area contributed by atoms with Gasteiger partial charge in [0.25, 0.3) is 0 Å². The molecule has 1 unspecified atom stereocenters. The summed E-state index contributed by atoms with van der Waals surface area (Å²) in [6, 6.07) is 14.3. The van der Waals surface area contributed by atoms with E-state index in [1.54, 1.807) is 7.11 Å². The van der Waals surface area contributed by atoms with Gasteiger partial charge < -0.3 is 14.8 Å². The maximum atomic E-state index is 5.81. The van der Waals surface area contributed by atoms with Crippen LogP contribution in [0.3, 0.4) is 0 Å². The molecule has 0 fully saturated rings. The molecular weight excluding hydrogens is 238 g/mol. The van der Waals surface area contributed by atoms with E-state index in [2.05, 4.69) is 24.4 Å². The van der Waals surface area contributed by atoms with Gasteiger partial charge in [-0.2, -0.15) is 0 Å². The van der Waals surface area contributed by atoms with Crippen LogP contribution in [0.5, 0.6) is 11.5 Å². The number of fused-ring (bicyclic) bond motifs is 1. The van der Waals surface area contributed by atoms with Crippen LogP contribution < -0.4 is 14.8 Å². The summed E-state index contributed by atoms with van der Waals surface area (Å²) in [5.74, 6) is 1.80. The Bertz CT molecular complexity index is 595. The second kappa shape index (κ2) is 4.84. The molecule has 98 valence electrons. The van der Waals surface area contributed by atoms with Gasteiger partial charge in [-0.1, -0.05) is 29.8 Å². The molecule has 1 atom stereocenters. The lowest BCUT2D eigenvalue weighted by Crippen LogP contribution is -2.24. The Labute approximate surface area is 113 Å². The molecule has 0 amide bonds. The number of hydrogen-bond acceptors (Lipinski definition) is 3. The summed E-state index contributed by atoms with van der Waals surface area (Å²) in [6.07, 6.45) is 0. The van der Waals surface area contributed by atoms with Gasteiger partial charge in [0.15, 0.2) is 0 Å². The molecule has 0 saturated carbocycles. The molecule has 19 heavy (non-hydrogen) atoms. The molecule has 0 saturated heterocycles. The number of hydrogen-bond donors (Lipinski definition) is 1. The van der Waals surface area contributed by atoms with Crippen LogP contribution in [-0.4, -0.2) is 13.7 Å². The fourth-order valence-corrected chi connectivity index (χ4v) is 2.41. The van der Waals surface area contributed by atoms with Gasteiger partial charge in [-0.15, -0.1) is 0 Å². The number of aryl methyl sites for hydroxylation is 1. The van der Waals surface area contributed by atoms with Crippen LogP contribution in [0.4, 0.5) is 5.69 Å². The van der Waals surface area contributed by atoms with Crippen LogP contribution in [0.15, 0.2) is 42.5 Å². The molecule has 3 rings (SSSR count). The Morgan fingerprint density at radius 1 is 1.21 bits per heavy atom. The number of para-hydroxylation sites is 2. The zero-order valence-electron chi connectivity index (χ0n) is 11.1. The standard InChI is InChI=1S/C16H17NO2/c1-11-7-8-15(18-2)12(9-11)14-10-19-16-6-4-3-5-13(16)17-14/h3-9,14,17H,10H2,1-2H3. The molecule has 3 heteroatoms. The van der Waals surface area contributed by atoms with Gasteiger partial charge >= 0.3 is 0 Å². The van der Waals surface area contributed by atoms with E-state index in [4.69, 9.17) is 9.47 Å². The first kappa shape index (κ1) is 11.9. The first-order valence-electron chi connectivity index (χ1n) is 6.41. The van der Waals surface area contributed by atoms with Crippen LogP contribution in [0.25, 0.3) is 0 Å². The largest absolute Gasteiger partial charge is 0.496 e. The first-order chi connectivity index (χ1) is 9.28. The van der Waals surface area contributed by atoms with Crippen molar-refractivity contribution in [2.75, 3.05) is 19.0 Å². The Morgan fingerprint density at radius 2 is 2.05 bits per heavy atom. The molecule has 0 spiro atoms. The van der Waals surface area contributed by atoms with Crippen molar-refractivity contribution in [2.45, 2.75) is 13.0 Å². The maximum absolute atomic E-state index is 5.81. The molecular formula is C16H17NO2. The Balaban J connectivity index is 1.95. The molecule has 0 aromatic heterocycles. The summed E-state index contributed by atoms with van der Waals surface area (Å²) in [4.78, 5) is 0. The molecule has 2 aromatic rings. The van der Waals surface area contributed by atoms with Gasteiger partial charge in [0.05, 0.1) is 18.8 Å². The van der Waals surface area contributed by atoms with Crippen molar-refractivity contribution < 1.29 is 9.47 Å². The van der Waals surface area contributed by atoms with Gasteiger partial charge in [-0.25, -0.2) is 0 Å². The van der Waals surface area contributed by atoms with Crippen LogP contribution in [0.1, 0.15) is 17.2 Å². The summed E-state index contributed by atoms with van der Waals surface area (Å²) in [5, 5.41) is 3.51. The summed E-state index contributed by atoms with van der Waals surface area (Å²) >= 11 is 0. The van der Waals surface area contributed by atoms with E-state index in [1.807, 2.05) is 30.3 Å². The second-order valence-corrected chi connectivity index (χ2v) is 4.75. The van der Waals surface area contributed by atoms with E-state index < -0.39 is 0 Å². The molecule has 3 nitrogen and oxygen atoms in total. The highest BCUT2D eigenvalue weighted by atomic mass is 16.5. The normalized spacial score (nSPS) is 17.1. The van der Waals surface area contributed by atoms with E-state index in [-0.39, 0.29) is 6.04 Å². The van der Waals surface area contributed by atoms with Crippen molar-refractivity contribution in [2.24, 2.45) is 0 Å². The number of anilines is 1. The van der Waals surface area contributed by atoms with Crippen molar-refractivity contribution in [1.82, 2.24) is 0 Å². The zero-order valence-corrected chi connectivity index (χ0v) is 11.1. The maximum Gasteiger partial charge on any atom is 0.142 e. The summed E-state index contributed by atoms with van der Waals surface area (Å²) in [6.45, 7) is 2.69. The van der Waals surface area contributed by atoms with Gasteiger partial charge in [0.2, 0.25) is 0 Å². The number of rotatable bonds is 2. The third-order valence-corrected chi connectivity index (χ3v) is 3.38. The summed E-state index contributed by atoms with van der Waals surface area (Å²) in [7, 11) is 1.70. The van der Waals surface area contributed by atoms with Gasteiger partial charge in [0.1, 0.15) is 18.1 Å². The molecule has 1 heterocycles. The third kappa shape index (κ3) is 2.24. The number of ether oxygens (including phenoxy) is 2. The van der Waals surface area contributed by atoms with Crippen molar-refractivity contribution in [1.29, 1.82) is 0 Å². The smallest absolute Gasteiger partial charge is 0.142 e. The third-order valence-electron chi connectivity index (χ3n) is 3.38. The van der Waals surface area contributed by atoms with Crippen LogP contribution in [-0.2, 0) is 0 Å². The SMILES string of the molecule is COc1ccc(C)cc1C1COc2ccccc2N1. The lowest BCUT2D eigenvalue weighted by atomic mass is 10.0. The number of methoxy groups -OCH3 is 1. The van der Waals surface area contributed by atoms with Crippen molar-refractivity contribution in [3.8, 4) is 11.5 Å². The van der Waals surface area contributed by atoms with E-state index in [1.165, 1.54) is 5.56 Å². The Kier molecular flexibility index (Phi) is 3.03. The lowest BCUT2D eigenvalue weighted by Gasteiger charge is -2.28. The number of benzene rings is 2. The Morgan fingerprint density at radius 3 is 2.89 bits per heavy atom. The fourth-order valence-electron chi connectivity index (χ4n) is 2.41. The van der Waals surface area contributed by atoms with E-state index in [9.17, 15) is 0 Å². The molecule has 0 radical (unpaired) electrons. The molecule has 0 aliphatic carbocycles. The van der Waals surface area contributed by atoms with E-state index in [0.29, 0.717) is 6.61 Å². The highest BCUT2D eigenvalue weighted by Crippen LogP contribution is 2.36. The topological polar surface area (TPSA) is 30.5 Å². The highest BCUT2D eigenvalue weighted by molar-refractivity contribution is 5.60. The molecule has 1 aliphatic heterocycles. The van der Waals surface area contributed by atoms with Crippen molar-refractivity contribution in [3.05, 3.63) is 53.6 Å². The quantitative estimate of drug-likeness (QED) is 0.890. The predicted molar refractivity (Wildman–Crippen MR) is 76.0 cm³/mol. The Hall–Kier alpha value is -2.16. The van der Waals surface area contributed by atoms with Crippen LogP contribution in [0.2, 0.25) is 0 Å². The van der Waals surface area contributed by atoms with Crippen LogP contribution in [0, 0.1) is 6.92 Å². The lowest BCUT2D eigenvalue weighted by molar-refractivity contribution is 0.282. The fraction of sp³-hybridized carbons (Fsp3) is 0.250. The highest BCUT2D eigenvalue weighted by Gasteiger charge is 2.22. The summed E-state index contributed by atoms with van der Waals surface area (Å²) < 4.78 is 11.3.